The van der Waals surface area contributed by atoms with Crippen molar-refractivity contribution in [1.82, 2.24) is 4.31 Å². The molecule has 0 spiro atoms. The van der Waals surface area contributed by atoms with Crippen molar-refractivity contribution in [2.45, 2.75) is 31.2 Å². The third kappa shape index (κ3) is 4.45. The number of hydrogen-bond donors (Lipinski definition) is 0. The van der Waals surface area contributed by atoms with Gasteiger partial charge in [-0.05, 0) is 50.1 Å². The number of benzene rings is 2. The minimum atomic E-state index is -3.87. The molecule has 0 unspecified atom stereocenters. The number of sulfonamides is 1. The maximum atomic E-state index is 13.6. The summed E-state index contributed by atoms with van der Waals surface area (Å²) in [5, 5.41) is 0. The molecule has 1 aliphatic heterocycles. The number of hydrogen-bond acceptors (Lipinski definition) is 6. The maximum absolute atomic E-state index is 13.6. The quantitative estimate of drug-likeness (QED) is 0.647. The van der Waals surface area contributed by atoms with Gasteiger partial charge in [-0.3, -0.25) is 4.79 Å². The maximum Gasteiger partial charge on any atom is 0.243 e. The topological polar surface area (TPSA) is 82.1 Å². The molecule has 1 aliphatic rings. The van der Waals surface area contributed by atoms with Gasteiger partial charge in [0.1, 0.15) is 0 Å². The summed E-state index contributed by atoms with van der Waals surface area (Å²) in [5.74, 6) is 1.15. The first-order valence-electron chi connectivity index (χ1n) is 9.81. The standard InChI is InChI=1S/C23H27NO6S/c1-15-6-9-19(10-7-15)31(26,27)24-14-17(16(2)25)8-11-20(24)18-12-21(28-3)23(30-5)22(13-18)29-4/h6-10,12-13,20H,11,14H2,1-5H3/t20-/m0/s1. The highest BCUT2D eigenvalue weighted by Gasteiger charge is 2.36. The van der Waals surface area contributed by atoms with Crippen molar-refractivity contribution < 1.29 is 27.4 Å². The second-order valence-corrected chi connectivity index (χ2v) is 9.25. The van der Waals surface area contributed by atoms with E-state index in [0.717, 1.165) is 5.56 Å². The number of carbonyl (C=O) groups excluding carboxylic acids is 1. The number of carbonyl (C=O) groups is 1. The van der Waals surface area contributed by atoms with Crippen molar-refractivity contribution in [3.63, 3.8) is 0 Å². The van der Waals surface area contributed by atoms with E-state index in [0.29, 0.717) is 34.8 Å². The van der Waals surface area contributed by atoms with Gasteiger partial charge in [0.05, 0.1) is 32.3 Å². The Labute approximate surface area is 183 Å². The zero-order valence-corrected chi connectivity index (χ0v) is 19.2. The predicted molar refractivity (Wildman–Crippen MR) is 117 cm³/mol. The first-order chi connectivity index (χ1) is 14.7. The average Bonchev–Trinajstić information content (AvgIpc) is 2.77. The van der Waals surface area contributed by atoms with Crippen LogP contribution in [-0.4, -0.2) is 46.4 Å². The molecule has 0 aliphatic carbocycles. The van der Waals surface area contributed by atoms with Gasteiger partial charge in [-0.15, -0.1) is 0 Å². The lowest BCUT2D eigenvalue weighted by Gasteiger charge is -2.34. The summed E-state index contributed by atoms with van der Waals surface area (Å²) in [7, 11) is 0.661. The van der Waals surface area contributed by atoms with Crippen LogP contribution in [0.5, 0.6) is 17.2 Å². The molecule has 7 nitrogen and oxygen atoms in total. The number of nitrogens with zero attached hydrogens (tertiary/aromatic N) is 1. The van der Waals surface area contributed by atoms with Gasteiger partial charge in [0.15, 0.2) is 17.3 Å². The highest BCUT2D eigenvalue weighted by molar-refractivity contribution is 7.89. The van der Waals surface area contributed by atoms with Gasteiger partial charge >= 0.3 is 0 Å². The van der Waals surface area contributed by atoms with E-state index >= 15 is 0 Å². The van der Waals surface area contributed by atoms with E-state index < -0.39 is 16.1 Å². The fraction of sp³-hybridized carbons (Fsp3) is 0.348. The van der Waals surface area contributed by atoms with Gasteiger partial charge in [0, 0.05) is 12.1 Å². The molecule has 3 rings (SSSR count). The number of ketones is 1. The van der Waals surface area contributed by atoms with Crippen molar-refractivity contribution in [2.75, 3.05) is 27.9 Å². The van der Waals surface area contributed by atoms with E-state index in [2.05, 4.69) is 0 Å². The third-order valence-corrected chi connectivity index (χ3v) is 7.28. The summed E-state index contributed by atoms with van der Waals surface area (Å²) in [6.07, 6.45) is 2.15. The van der Waals surface area contributed by atoms with Crippen LogP contribution < -0.4 is 14.2 Å². The Morgan fingerprint density at radius 1 is 1.00 bits per heavy atom. The summed E-state index contributed by atoms with van der Waals surface area (Å²) >= 11 is 0. The Morgan fingerprint density at radius 2 is 1.58 bits per heavy atom. The van der Waals surface area contributed by atoms with Crippen LogP contribution >= 0.6 is 0 Å². The Hall–Kier alpha value is -2.84. The predicted octanol–water partition coefficient (Wildman–Crippen LogP) is 3.67. The Balaban J connectivity index is 2.15. The second-order valence-electron chi connectivity index (χ2n) is 7.36. The molecule has 31 heavy (non-hydrogen) atoms. The van der Waals surface area contributed by atoms with Gasteiger partial charge < -0.3 is 14.2 Å². The van der Waals surface area contributed by atoms with Crippen molar-refractivity contribution in [3.05, 3.63) is 59.2 Å². The fourth-order valence-electron chi connectivity index (χ4n) is 3.66. The van der Waals surface area contributed by atoms with Crippen LogP contribution in [0.1, 0.15) is 30.5 Å². The van der Waals surface area contributed by atoms with Gasteiger partial charge in [-0.25, -0.2) is 8.42 Å². The number of methoxy groups -OCH3 is 3. The molecule has 166 valence electrons. The Morgan fingerprint density at radius 3 is 2.06 bits per heavy atom. The lowest BCUT2D eigenvalue weighted by atomic mass is 9.96. The molecule has 0 aromatic heterocycles. The van der Waals surface area contributed by atoms with Crippen LogP contribution in [0.25, 0.3) is 0 Å². The molecule has 0 saturated heterocycles. The Bertz CT molecular complexity index is 1080. The number of aryl methyl sites for hydroxylation is 1. The fourth-order valence-corrected chi connectivity index (χ4v) is 5.27. The molecule has 2 aromatic carbocycles. The van der Waals surface area contributed by atoms with Crippen LogP contribution in [0.2, 0.25) is 0 Å². The molecular formula is C23H27NO6S. The largest absolute Gasteiger partial charge is 0.493 e. The second kappa shape index (κ2) is 9.11. The Kier molecular flexibility index (Phi) is 6.71. The van der Waals surface area contributed by atoms with Crippen LogP contribution in [0, 0.1) is 6.92 Å². The lowest BCUT2D eigenvalue weighted by Crippen LogP contribution is -2.39. The average molecular weight is 446 g/mol. The van der Waals surface area contributed by atoms with Crippen LogP contribution in [0.4, 0.5) is 0 Å². The molecule has 0 fully saturated rings. The molecule has 2 aromatic rings. The minimum absolute atomic E-state index is 0.00707. The SMILES string of the molecule is COc1cc([C@@H]2CC=C(C(C)=O)CN2S(=O)(=O)c2ccc(C)cc2)cc(OC)c1OC. The molecule has 0 radical (unpaired) electrons. The van der Waals surface area contributed by atoms with Crippen molar-refractivity contribution in [3.8, 4) is 17.2 Å². The number of ether oxygens (including phenoxy) is 3. The zero-order chi connectivity index (χ0) is 22.8. The van der Waals surface area contributed by atoms with E-state index in [1.165, 1.54) is 32.6 Å². The summed E-state index contributed by atoms with van der Waals surface area (Å²) in [6.45, 7) is 3.34. The molecule has 8 heteroatoms. The molecule has 0 saturated carbocycles. The van der Waals surface area contributed by atoms with Crippen molar-refractivity contribution >= 4 is 15.8 Å². The smallest absolute Gasteiger partial charge is 0.243 e. The third-order valence-electron chi connectivity index (χ3n) is 5.41. The monoisotopic (exact) mass is 445 g/mol. The molecule has 1 heterocycles. The summed E-state index contributed by atoms with van der Waals surface area (Å²) < 4.78 is 44.8. The molecule has 0 bridgehead atoms. The zero-order valence-electron chi connectivity index (χ0n) is 18.3. The van der Waals surface area contributed by atoms with E-state index in [1.54, 1.807) is 42.5 Å². The summed E-state index contributed by atoms with van der Waals surface area (Å²) in [5.41, 5.74) is 2.12. The summed E-state index contributed by atoms with van der Waals surface area (Å²) in [6, 6.07) is 9.64. The van der Waals surface area contributed by atoms with Gasteiger partial charge in [-0.1, -0.05) is 23.8 Å². The highest BCUT2D eigenvalue weighted by atomic mass is 32.2. The number of rotatable bonds is 7. The normalized spacial score (nSPS) is 17.1. The van der Waals surface area contributed by atoms with Crippen LogP contribution in [0.15, 0.2) is 52.9 Å². The van der Waals surface area contributed by atoms with Gasteiger partial charge in [0.2, 0.25) is 15.8 Å². The first kappa shape index (κ1) is 22.8. The lowest BCUT2D eigenvalue weighted by molar-refractivity contribution is -0.113. The van der Waals surface area contributed by atoms with Crippen LogP contribution in [-0.2, 0) is 14.8 Å². The van der Waals surface area contributed by atoms with E-state index in [-0.39, 0.29) is 17.2 Å². The molecular weight excluding hydrogens is 418 g/mol. The molecule has 1 atom stereocenters. The van der Waals surface area contributed by atoms with Crippen LogP contribution in [0.3, 0.4) is 0 Å². The van der Waals surface area contributed by atoms with Crippen molar-refractivity contribution in [1.29, 1.82) is 0 Å². The van der Waals surface area contributed by atoms with E-state index in [4.69, 9.17) is 14.2 Å². The summed E-state index contributed by atoms with van der Waals surface area (Å²) in [4.78, 5) is 12.2. The highest BCUT2D eigenvalue weighted by Crippen LogP contribution is 2.43. The van der Waals surface area contributed by atoms with Gasteiger partial charge in [-0.2, -0.15) is 4.31 Å². The number of Topliss-reactive ketones (excluding diaryl/α,β-unsaturated/α-hetero) is 1. The first-order valence-corrected chi connectivity index (χ1v) is 11.2. The van der Waals surface area contributed by atoms with Crippen molar-refractivity contribution in [2.24, 2.45) is 0 Å². The molecule has 0 amide bonds. The van der Waals surface area contributed by atoms with E-state index in [1.807, 2.05) is 6.92 Å². The van der Waals surface area contributed by atoms with Gasteiger partial charge in [0.25, 0.3) is 0 Å². The molecule has 0 N–H and O–H groups in total. The van der Waals surface area contributed by atoms with E-state index in [9.17, 15) is 13.2 Å². The minimum Gasteiger partial charge on any atom is -0.493 e.